The second-order valence-corrected chi connectivity index (χ2v) is 12.5. The minimum Gasteiger partial charge on any atom is -0.366 e. The Morgan fingerprint density at radius 1 is 0.950 bits per heavy atom. The molecule has 0 amide bonds. The number of piperidine rings is 1. The van der Waals surface area contributed by atoms with E-state index in [1.54, 1.807) is 11.6 Å². The van der Waals surface area contributed by atoms with E-state index in [1.165, 1.54) is 29.7 Å². The van der Waals surface area contributed by atoms with Gasteiger partial charge in [0.2, 0.25) is 0 Å². The molecule has 0 bridgehead atoms. The number of Topliss-reactive ketones (excluding diaryl/α,β-unsaturated/α-hetero) is 1. The van der Waals surface area contributed by atoms with Crippen LogP contribution < -0.4 is 0 Å². The fourth-order valence-corrected chi connectivity index (χ4v) is 7.48. The van der Waals surface area contributed by atoms with Crippen molar-refractivity contribution in [2.24, 2.45) is 11.8 Å². The van der Waals surface area contributed by atoms with E-state index in [0.29, 0.717) is 17.9 Å². The van der Waals surface area contributed by atoms with Gasteiger partial charge >= 0.3 is 0 Å². The van der Waals surface area contributed by atoms with Crippen molar-refractivity contribution in [3.63, 3.8) is 0 Å². The summed E-state index contributed by atoms with van der Waals surface area (Å²) < 4.78 is 34.5. The Balaban J connectivity index is 1.16. The van der Waals surface area contributed by atoms with Crippen LogP contribution in [0.3, 0.4) is 0 Å². The first kappa shape index (κ1) is 27.5. The number of hydrogen-bond donors (Lipinski definition) is 0. The number of carbonyl (C=O) groups excluding carboxylic acids is 1. The van der Waals surface area contributed by atoms with Gasteiger partial charge < -0.3 is 4.74 Å². The second-order valence-electron chi connectivity index (χ2n) is 12.5. The molecule has 3 unspecified atom stereocenters. The predicted molar refractivity (Wildman–Crippen MR) is 154 cm³/mol. The lowest BCUT2D eigenvalue weighted by Gasteiger charge is -2.41. The first-order valence-corrected chi connectivity index (χ1v) is 15.3. The van der Waals surface area contributed by atoms with E-state index in [1.807, 2.05) is 0 Å². The van der Waals surface area contributed by atoms with Crippen molar-refractivity contribution in [3.8, 4) is 0 Å². The number of ether oxygens (including phenoxy) is 1. The summed E-state index contributed by atoms with van der Waals surface area (Å²) in [5.74, 6) is -1.30. The van der Waals surface area contributed by atoms with Gasteiger partial charge in [0.15, 0.2) is 11.6 Å². The lowest BCUT2D eigenvalue weighted by Crippen LogP contribution is -2.45. The van der Waals surface area contributed by atoms with Gasteiger partial charge in [0.25, 0.3) is 0 Å². The molecule has 0 radical (unpaired) electrons. The molecule has 40 heavy (non-hydrogen) atoms. The summed E-state index contributed by atoms with van der Waals surface area (Å²) in [6, 6.07) is 12.6. The molecule has 0 N–H and O–H groups in total. The van der Waals surface area contributed by atoms with Crippen LogP contribution in [-0.2, 0) is 16.1 Å². The molecule has 2 heterocycles. The van der Waals surface area contributed by atoms with Gasteiger partial charge in [0, 0.05) is 37.9 Å². The molecular weight excluding hydrogens is 504 g/mol. The summed E-state index contributed by atoms with van der Waals surface area (Å²) in [4.78, 5) is 15.6. The smallest absolute Gasteiger partial charge is 0.159 e. The Hall–Kier alpha value is -2.63. The number of ketones is 1. The maximum absolute atomic E-state index is 14.3. The lowest BCUT2D eigenvalue weighted by molar-refractivity contribution is -0.123. The van der Waals surface area contributed by atoms with Crippen LogP contribution in [0.25, 0.3) is 0 Å². The normalized spacial score (nSPS) is 26.0. The molecule has 0 aromatic heterocycles. The standard InChI is InChI=1S/C35H41F2NO2/c1-24-7-11-28-23-40-35(30(28)15-8-24)17-19-38(20-18-35)22-25-9-12-26(13-10-25)34(27-14-16-31(36)32(37)21-27)29-5-3-2-4-6-33(29)39/h7,9-14,16,21,24,29,34H,2-6,8,15,17-20,22-23H2,1H3. The molecule has 2 aromatic rings. The summed E-state index contributed by atoms with van der Waals surface area (Å²) in [7, 11) is 0. The maximum atomic E-state index is 14.3. The van der Waals surface area contributed by atoms with Gasteiger partial charge in [-0.2, -0.15) is 0 Å². The Labute approximate surface area is 237 Å². The predicted octanol–water partition coefficient (Wildman–Crippen LogP) is 7.89. The fraction of sp³-hybridized carbons (Fsp3) is 0.514. The Morgan fingerprint density at radius 2 is 1.73 bits per heavy atom. The number of halogens is 2. The van der Waals surface area contributed by atoms with Gasteiger partial charge in [0.05, 0.1) is 12.2 Å². The molecule has 1 saturated heterocycles. The van der Waals surface area contributed by atoms with E-state index in [2.05, 4.69) is 48.2 Å². The summed E-state index contributed by atoms with van der Waals surface area (Å²) in [6.45, 7) is 5.94. The molecule has 3 nitrogen and oxygen atoms in total. The summed E-state index contributed by atoms with van der Waals surface area (Å²) in [5, 5.41) is 0. The van der Waals surface area contributed by atoms with E-state index in [-0.39, 0.29) is 23.2 Å². The van der Waals surface area contributed by atoms with E-state index < -0.39 is 11.6 Å². The fourth-order valence-electron chi connectivity index (χ4n) is 7.48. The Kier molecular flexibility index (Phi) is 8.05. The van der Waals surface area contributed by atoms with Crippen molar-refractivity contribution in [1.29, 1.82) is 0 Å². The molecule has 2 aliphatic carbocycles. The number of benzene rings is 2. The Bertz CT molecular complexity index is 1290. The van der Waals surface area contributed by atoms with Gasteiger partial charge in [-0.3, -0.25) is 9.69 Å². The minimum atomic E-state index is -0.855. The van der Waals surface area contributed by atoms with Crippen LogP contribution in [0.15, 0.2) is 65.8 Å². The largest absolute Gasteiger partial charge is 0.366 e. The van der Waals surface area contributed by atoms with E-state index >= 15 is 0 Å². The molecule has 212 valence electrons. The summed E-state index contributed by atoms with van der Waals surface area (Å²) >= 11 is 0. The minimum absolute atomic E-state index is 0.0764. The topological polar surface area (TPSA) is 29.5 Å². The molecule has 3 atom stereocenters. The molecule has 5 heteroatoms. The molecule has 1 spiro atoms. The van der Waals surface area contributed by atoms with Gasteiger partial charge in [-0.1, -0.05) is 62.2 Å². The molecule has 2 aliphatic heterocycles. The number of hydrogen-bond acceptors (Lipinski definition) is 3. The zero-order chi connectivity index (χ0) is 27.7. The van der Waals surface area contributed by atoms with Gasteiger partial charge in [0.1, 0.15) is 5.78 Å². The van der Waals surface area contributed by atoms with Crippen LogP contribution in [0.1, 0.15) is 87.3 Å². The number of rotatable bonds is 5. The number of fused-ring (bicyclic) bond motifs is 1. The summed E-state index contributed by atoms with van der Waals surface area (Å²) in [5.41, 5.74) is 5.80. The molecule has 4 aliphatic rings. The average Bonchev–Trinajstić information content (AvgIpc) is 3.07. The van der Waals surface area contributed by atoms with E-state index in [9.17, 15) is 13.6 Å². The molecule has 6 rings (SSSR count). The van der Waals surface area contributed by atoms with Crippen LogP contribution in [0.5, 0.6) is 0 Å². The van der Waals surface area contributed by atoms with Gasteiger partial charge in [-0.15, -0.1) is 0 Å². The number of carbonyl (C=O) groups is 1. The van der Waals surface area contributed by atoms with Crippen molar-refractivity contribution in [1.82, 2.24) is 4.90 Å². The van der Waals surface area contributed by atoms with Gasteiger partial charge in [-0.05, 0) is 84.4 Å². The quantitative estimate of drug-likeness (QED) is 0.358. The number of nitrogens with zero attached hydrogens (tertiary/aromatic N) is 1. The van der Waals surface area contributed by atoms with Crippen LogP contribution in [-0.4, -0.2) is 36.0 Å². The first-order chi connectivity index (χ1) is 19.4. The van der Waals surface area contributed by atoms with Gasteiger partial charge in [-0.25, -0.2) is 8.78 Å². The highest BCUT2D eigenvalue weighted by Crippen LogP contribution is 2.45. The Morgan fingerprint density at radius 3 is 2.50 bits per heavy atom. The number of allylic oxidation sites excluding steroid dienone is 1. The number of likely N-dealkylation sites (tertiary alicyclic amines) is 1. The summed E-state index contributed by atoms with van der Waals surface area (Å²) in [6.07, 6.45) is 13.4. The highest BCUT2D eigenvalue weighted by Gasteiger charge is 2.44. The SMILES string of the molecule is CC1C=CC2=C(CC1)C1(CCN(Cc3ccc(C(c4ccc(F)c(F)c4)C4CCCCCC4=O)cc3)CC1)OC2. The zero-order valence-corrected chi connectivity index (χ0v) is 23.6. The third-order valence-corrected chi connectivity index (χ3v) is 9.88. The molecule has 2 fully saturated rings. The third-order valence-electron chi connectivity index (χ3n) is 9.88. The van der Waals surface area contributed by atoms with Crippen molar-refractivity contribution in [2.75, 3.05) is 19.7 Å². The maximum Gasteiger partial charge on any atom is 0.159 e. The van der Waals surface area contributed by atoms with E-state index in [0.717, 1.165) is 76.8 Å². The van der Waals surface area contributed by atoms with E-state index in [4.69, 9.17) is 4.74 Å². The lowest BCUT2D eigenvalue weighted by atomic mass is 9.76. The second kappa shape index (κ2) is 11.7. The van der Waals surface area contributed by atoms with Crippen LogP contribution in [0.4, 0.5) is 8.78 Å². The van der Waals surface area contributed by atoms with Crippen molar-refractivity contribution >= 4 is 5.78 Å². The molecular formula is C35H41F2NO2. The van der Waals surface area contributed by atoms with Crippen LogP contribution in [0, 0.1) is 23.5 Å². The highest BCUT2D eigenvalue weighted by atomic mass is 19.2. The highest BCUT2D eigenvalue weighted by molar-refractivity contribution is 5.82. The first-order valence-electron chi connectivity index (χ1n) is 15.3. The van der Waals surface area contributed by atoms with Crippen molar-refractivity contribution in [2.45, 2.75) is 82.8 Å². The van der Waals surface area contributed by atoms with Crippen LogP contribution >= 0.6 is 0 Å². The monoisotopic (exact) mass is 545 g/mol. The van der Waals surface area contributed by atoms with Crippen LogP contribution in [0.2, 0.25) is 0 Å². The molecule has 1 saturated carbocycles. The van der Waals surface area contributed by atoms with Crippen molar-refractivity contribution < 1.29 is 18.3 Å². The zero-order valence-electron chi connectivity index (χ0n) is 23.6. The molecule has 2 aromatic carbocycles. The average molecular weight is 546 g/mol. The van der Waals surface area contributed by atoms with Crippen molar-refractivity contribution in [3.05, 3.63) is 94.1 Å². The third kappa shape index (κ3) is 5.60.